The first-order valence-electron chi connectivity index (χ1n) is 8.51. The Kier molecular flexibility index (Phi) is 7.16. The molecule has 0 aliphatic rings. The molecule has 0 aromatic heterocycles. The highest BCUT2D eigenvalue weighted by molar-refractivity contribution is 5.95. The van der Waals surface area contributed by atoms with Gasteiger partial charge in [0.25, 0.3) is 5.91 Å². The summed E-state index contributed by atoms with van der Waals surface area (Å²) in [5, 5.41) is 15.5. The molecule has 25 heavy (non-hydrogen) atoms. The first-order chi connectivity index (χ1) is 12.1. The number of rotatable bonds is 8. The molecule has 0 radical (unpaired) electrons. The molecule has 0 saturated carbocycles. The maximum absolute atomic E-state index is 12.1. The fraction of sp³-hybridized carbons (Fsp3) is 0.300. The number of benzene rings is 2. The zero-order chi connectivity index (χ0) is 18.1. The minimum atomic E-state index is -1.11. The lowest BCUT2D eigenvalue weighted by molar-refractivity contribution is -0.124. The second-order valence-electron chi connectivity index (χ2n) is 5.92. The molecule has 0 fully saturated rings. The van der Waals surface area contributed by atoms with Crippen molar-refractivity contribution in [3.05, 3.63) is 60.2 Å². The maximum atomic E-state index is 12.1. The average Bonchev–Trinajstić information content (AvgIpc) is 2.62. The van der Waals surface area contributed by atoms with Gasteiger partial charge in [0.1, 0.15) is 6.10 Å². The molecule has 5 nitrogen and oxygen atoms in total. The Labute approximate surface area is 148 Å². The molecule has 0 heterocycles. The van der Waals surface area contributed by atoms with E-state index in [2.05, 4.69) is 10.6 Å². The molecule has 2 rings (SSSR count). The second kappa shape index (κ2) is 9.59. The smallest absolute Gasteiger partial charge is 0.253 e. The quantitative estimate of drug-likeness (QED) is 0.689. The molecule has 2 aromatic carbocycles. The van der Waals surface area contributed by atoms with E-state index in [1.807, 2.05) is 37.3 Å². The number of aliphatic hydroxyl groups excluding tert-OH is 1. The van der Waals surface area contributed by atoms with Gasteiger partial charge in [0, 0.05) is 24.2 Å². The fourth-order valence-electron chi connectivity index (χ4n) is 2.35. The normalized spacial score (nSPS) is 11.6. The Hall–Kier alpha value is -2.66. The number of aliphatic hydroxyl groups is 1. The largest absolute Gasteiger partial charge is 0.383 e. The third kappa shape index (κ3) is 6.39. The molecular weight excluding hydrogens is 316 g/mol. The highest BCUT2D eigenvalue weighted by Gasteiger charge is 2.15. The lowest BCUT2D eigenvalue weighted by Crippen LogP contribution is -2.29. The van der Waals surface area contributed by atoms with E-state index in [0.29, 0.717) is 17.8 Å². The Balaban J connectivity index is 1.85. The minimum absolute atomic E-state index is 0.0167. The van der Waals surface area contributed by atoms with Crippen molar-refractivity contribution in [2.45, 2.75) is 38.7 Å². The number of unbranched alkanes of at least 4 members (excludes halogenated alkanes) is 1. The zero-order valence-electron chi connectivity index (χ0n) is 14.4. The van der Waals surface area contributed by atoms with Crippen LogP contribution in [-0.2, 0) is 16.0 Å². The van der Waals surface area contributed by atoms with E-state index in [9.17, 15) is 14.7 Å². The van der Waals surface area contributed by atoms with Crippen LogP contribution < -0.4 is 10.6 Å². The van der Waals surface area contributed by atoms with Crippen molar-refractivity contribution in [2.75, 3.05) is 10.6 Å². The SMILES string of the molecule is CCCCC(=O)Nc1ccc(NC(=O)[C@@H](O)Cc2ccccc2)cc1. The second-order valence-corrected chi connectivity index (χ2v) is 5.92. The van der Waals surface area contributed by atoms with Gasteiger partial charge in [0.15, 0.2) is 0 Å². The highest BCUT2D eigenvalue weighted by atomic mass is 16.3. The minimum Gasteiger partial charge on any atom is -0.383 e. The van der Waals surface area contributed by atoms with Gasteiger partial charge in [-0.25, -0.2) is 0 Å². The Morgan fingerprint density at radius 2 is 1.56 bits per heavy atom. The molecule has 0 bridgehead atoms. The first-order valence-corrected chi connectivity index (χ1v) is 8.51. The zero-order valence-corrected chi connectivity index (χ0v) is 14.4. The van der Waals surface area contributed by atoms with Crippen LogP contribution in [0.4, 0.5) is 11.4 Å². The maximum Gasteiger partial charge on any atom is 0.253 e. The molecule has 2 aromatic rings. The Morgan fingerprint density at radius 1 is 0.960 bits per heavy atom. The third-order valence-corrected chi connectivity index (χ3v) is 3.77. The summed E-state index contributed by atoms with van der Waals surface area (Å²) >= 11 is 0. The number of amides is 2. The average molecular weight is 340 g/mol. The molecule has 132 valence electrons. The lowest BCUT2D eigenvalue weighted by atomic mass is 10.1. The predicted octanol–water partition coefficient (Wildman–Crippen LogP) is 3.36. The number of carbonyl (C=O) groups is 2. The van der Waals surface area contributed by atoms with Crippen LogP contribution in [0.3, 0.4) is 0 Å². The van der Waals surface area contributed by atoms with Crippen LogP contribution in [0.5, 0.6) is 0 Å². The van der Waals surface area contributed by atoms with Crippen LogP contribution in [0.1, 0.15) is 31.7 Å². The van der Waals surface area contributed by atoms with E-state index in [1.54, 1.807) is 24.3 Å². The van der Waals surface area contributed by atoms with Crippen molar-refractivity contribution >= 4 is 23.2 Å². The number of nitrogens with one attached hydrogen (secondary N) is 2. The van der Waals surface area contributed by atoms with Gasteiger partial charge in [-0.05, 0) is 36.2 Å². The van der Waals surface area contributed by atoms with E-state index in [-0.39, 0.29) is 12.3 Å². The summed E-state index contributed by atoms with van der Waals surface area (Å²) in [4.78, 5) is 23.7. The van der Waals surface area contributed by atoms with Crippen LogP contribution in [0, 0.1) is 0 Å². The van der Waals surface area contributed by atoms with Gasteiger partial charge >= 0.3 is 0 Å². The molecule has 0 spiro atoms. The molecule has 3 N–H and O–H groups in total. The number of carbonyl (C=O) groups excluding carboxylic acids is 2. The molecular formula is C20H24N2O3. The van der Waals surface area contributed by atoms with Gasteiger partial charge in [-0.2, -0.15) is 0 Å². The topological polar surface area (TPSA) is 78.4 Å². The highest BCUT2D eigenvalue weighted by Crippen LogP contribution is 2.15. The van der Waals surface area contributed by atoms with Crippen LogP contribution >= 0.6 is 0 Å². The molecule has 2 amide bonds. The van der Waals surface area contributed by atoms with Crippen molar-refractivity contribution in [3.63, 3.8) is 0 Å². The van der Waals surface area contributed by atoms with E-state index < -0.39 is 12.0 Å². The van der Waals surface area contributed by atoms with Crippen molar-refractivity contribution in [1.29, 1.82) is 0 Å². The van der Waals surface area contributed by atoms with Gasteiger partial charge in [-0.1, -0.05) is 43.7 Å². The fourth-order valence-corrected chi connectivity index (χ4v) is 2.35. The number of anilines is 2. The number of hydrogen-bond acceptors (Lipinski definition) is 3. The monoisotopic (exact) mass is 340 g/mol. The van der Waals surface area contributed by atoms with Gasteiger partial charge in [-0.3, -0.25) is 9.59 Å². The summed E-state index contributed by atoms with van der Waals surface area (Å²) in [7, 11) is 0. The van der Waals surface area contributed by atoms with Crippen LogP contribution in [0.25, 0.3) is 0 Å². The summed E-state index contributed by atoms with van der Waals surface area (Å²) in [6.45, 7) is 2.04. The van der Waals surface area contributed by atoms with Crippen molar-refractivity contribution < 1.29 is 14.7 Å². The van der Waals surface area contributed by atoms with Crippen molar-refractivity contribution in [2.24, 2.45) is 0 Å². The molecule has 0 unspecified atom stereocenters. The molecule has 0 aliphatic carbocycles. The van der Waals surface area contributed by atoms with Crippen molar-refractivity contribution in [1.82, 2.24) is 0 Å². The predicted molar refractivity (Wildman–Crippen MR) is 99.4 cm³/mol. The molecule has 1 atom stereocenters. The summed E-state index contributed by atoms with van der Waals surface area (Å²) < 4.78 is 0. The van der Waals surface area contributed by atoms with Gasteiger partial charge < -0.3 is 15.7 Å². The Morgan fingerprint density at radius 3 is 2.16 bits per heavy atom. The van der Waals surface area contributed by atoms with E-state index in [4.69, 9.17) is 0 Å². The van der Waals surface area contributed by atoms with Crippen LogP contribution in [-0.4, -0.2) is 23.0 Å². The summed E-state index contributed by atoms with van der Waals surface area (Å²) in [5.41, 5.74) is 2.16. The lowest BCUT2D eigenvalue weighted by Gasteiger charge is -2.12. The summed E-state index contributed by atoms with van der Waals surface area (Å²) in [5.74, 6) is -0.472. The van der Waals surface area contributed by atoms with E-state index in [1.165, 1.54) is 0 Å². The van der Waals surface area contributed by atoms with Crippen molar-refractivity contribution in [3.8, 4) is 0 Å². The van der Waals surface area contributed by atoms with Crippen LogP contribution in [0.2, 0.25) is 0 Å². The Bertz CT molecular complexity index is 684. The van der Waals surface area contributed by atoms with E-state index in [0.717, 1.165) is 18.4 Å². The third-order valence-electron chi connectivity index (χ3n) is 3.77. The van der Waals surface area contributed by atoms with Crippen LogP contribution in [0.15, 0.2) is 54.6 Å². The summed E-state index contributed by atoms with van der Waals surface area (Å²) in [6.07, 6.45) is 1.48. The van der Waals surface area contributed by atoms with Gasteiger partial charge in [0.05, 0.1) is 0 Å². The van der Waals surface area contributed by atoms with Gasteiger partial charge in [-0.15, -0.1) is 0 Å². The summed E-state index contributed by atoms with van der Waals surface area (Å²) in [6, 6.07) is 16.2. The first kappa shape index (κ1) is 18.7. The molecule has 0 saturated heterocycles. The van der Waals surface area contributed by atoms with E-state index >= 15 is 0 Å². The molecule has 0 aliphatic heterocycles. The molecule has 5 heteroatoms. The number of hydrogen-bond donors (Lipinski definition) is 3. The van der Waals surface area contributed by atoms with Gasteiger partial charge in [0.2, 0.25) is 5.91 Å². The standard InChI is InChI=1S/C20H24N2O3/c1-2-3-9-19(24)21-16-10-12-17(13-11-16)22-20(25)18(23)14-15-7-5-4-6-8-15/h4-8,10-13,18,23H,2-3,9,14H2,1H3,(H,21,24)(H,22,25)/t18-/m0/s1.